The van der Waals surface area contributed by atoms with Gasteiger partial charge in [0.05, 0.1) is 0 Å². The summed E-state index contributed by atoms with van der Waals surface area (Å²) < 4.78 is 35.0. The van der Waals surface area contributed by atoms with Crippen LogP contribution in [-0.4, -0.2) is 9.97 Å². The molecule has 106 valence electrons. The van der Waals surface area contributed by atoms with Crippen molar-refractivity contribution in [2.24, 2.45) is 5.92 Å². The van der Waals surface area contributed by atoms with Crippen molar-refractivity contribution in [3.63, 3.8) is 0 Å². The number of alkyl halides is 3. The maximum absolute atomic E-state index is 11.7. The van der Waals surface area contributed by atoms with Crippen molar-refractivity contribution in [3.05, 3.63) is 24.3 Å². The molecule has 0 radical (unpaired) electrons. The third-order valence-electron chi connectivity index (χ3n) is 1.69. The van der Waals surface area contributed by atoms with Crippen LogP contribution in [0.15, 0.2) is 18.5 Å². The summed E-state index contributed by atoms with van der Waals surface area (Å²) in [6.07, 6.45) is 0.646. The minimum atomic E-state index is -4.43. The molecule has 0 bridgehead atoms. The molecule has 1 saturated carbocycles. The Morgan fingerprint density at radius 3 is 1.50 bits per heavy atom. The number of rotatable bonds is 0. The molecule has 2 nitrogen and oxygen atoms in total. The molecule has 0 aliphatic heterocycles. The molecule has 0 N–H and O–H groups in total. The van der Waals surface area contributed by atoms with Crippen LogP contribution in [0.2, 0.25) is 0 Å². The standard InChI is InChI=1S/C5H3F3N2.C4H8.2C2H6/c6-5(7,8)4-9-2-1-3-10-4;1-4-2-3-4;2*1-2/h1-3H;4H,2-3H2,1H3;2*1-2H3. The molecule has 1 heterocycles. The van der Waals surface area contributed by atoms with Gasteiger partial charge in [0.1, 0.15) is 0 Å². The summed E-state index contributed by atoms with van der Waals surface area (Å²) in [5.74, 6) is -0.0185. The molecule has 1 aliphatic carbocycles. The van der Waals surface area contributed by atoms with Crippen molar-refractivity contribution in [1.82, 2.24) is 9.97 Å². The molecule has 0 atom stereocenters. The van der Waals surface area contributed by atoms with E-state index in [0.29, 0.717) is 0 Å². The quantitative estimate of drug-likeness (QED) is 0.661. The lowest BCUT2D eigenvalue weighted by molar-refractivity contribution is -0.145. The number of hydrogen-bond acceptors (Lipinski definition) is 2. The van der Waals surface area contributed by atoms with Gasteiger partial charge < -0.3 is 0 Å². The molecule has 0 aromatic carbocycles. The van der Waals surface area contributed by atoms with Gasteiger partial charge in [-0.3, -0.25) is 0 Å². The molecule has 0 spiro atoms. The van der Waals surface area contributed by atoms with E-state index in [0.717, 1.165) is 18.3 Å². The second-order valence-electron chi connectivity index (χ2n) is 3.25. The minimum absolute atomic E-state index is 1.05. The zero-order chi connectivity index (χ0) is 14.6. The van der Waals surface area contributed by atoms with Gasteiger partial charge in [0, 0.05) is 12.4 Å². The highest BCUT2D eigenvalue weighted by Gasteiger charge is 2.33. The normalized spacial score (nSPS) is 12.9. The lowest BCUT2D eigenvalue weighted by atomic mass is 10.5. The van der Waals surface area contributed by atoms with Gasteiger partial charge in [-0.25, -0.2) is 9.97 Å². The highest BCUT2D eigenvalue weighted by Crippen LogP contribution is 2.26. The largest absolute Gasteiger partial charge is 0.451 e. The topological polar surface area (TPSA) is 25.8 Å². The summed E-state index contributed by atoms with van der Waals surface area (Å²) in [5.41, 5.74) is 0. The highest BCUT2D eigenvalue weighted by atomic mass is 19.4. The first-order valence-electron chi connectivity index (χ1n) is 6.34. The van der Waals surface area contributed by atoms with Crippen molar-refractivity contribution >= 4 is 0 Å². The summed E-state index contributed by atoms with van der Waals surface area (Å²) in [5, 5.41) is 0. The molecule has 1 aliphatic rings. The maximum Gasteiger partial charge on any atom is 0.451 e. The Hall–Kier alpha value is -1.13. The molecule has 0 amide bonds. The van der Waals surface area contributed by atoms with Crippen LogP contribution in [0.4, 0.5) is 13.2 Å². The molecule has 1 aromatic rings. The summed E-state index contributed by atoms with van der Waals surface area (Å²) in [6, 6.07) is 1.33. The van der Waals surface area contributed by atoms with Crippen LogP contribution in [-0.2, 0) is 6.18 Å². The van der Waals surface area contributed by atoms with Gasteiger partial charge in [-0.15, -0.1) is 0 Å². The van der Waals surface area contributed by atoms with Gasteiger partial charge in [-0.05, 0) is 12.0 Å². The van der Waals surface area contributed by atoms with Gasteiger partial charge in [0.15, 0.2) is 0 Å². The molecule has 2 rings (SSSR count). The first kappa shape index (κ1) is 19.2. The zero-order valence-corrected chi connectivity index (χ0v) is 11.8. The van der Waals surface area contributed by atoms with Gasteiger partial charge >= 0.3 is 6.18 Å². The maximum atomic E-state index is 11.7. The van der Waals surface area contributed by atoms with E-state index in [4.69, 9.17) is 0 Å². The Morgan fingerprint density at radius 2 is 1.33 bits per heavy atom. The smallest absolute Gasteiger partial charge is 0.233 e. The van der Waals surface area contributed by atoms with E-state index in [2.05, 4.69) is 16.9 Å². The Morgan fingerprint density at radius 1 is 1.00 bits per heavy atom. The fourth-order valence-corrected chi connectivity index (χ4v) is 0.612. The van der Waals surface area contributed by atoms with Gasteiger partial charge in [0.25, 0.3) is 0 Å². The number of aromatic nitrogens is 2. The highest BCUT2D eigenvalue weighted by molar-refractivity contribution is 4.92. The monoisotopic (exact) mass is 264 g/mol. The number of halogens is 3. The molecule has 5 heteroatoms. The van der Waals surface area contributed by atoms with Gasteiger partial charge in [-0.2, -0.15) is 13.2 Å². The van der Waals surface area contributed by atoms with Crippen LogP contribution in [0.1, 0.15) is 53.3 Å². The lowest BCUT2D eigenvalue weighted by Gasteiger charge is -2.01. The van der Waals surface area contributed by atoms with E-state index in [1.807, 2.05) is 27.7 Å². The summed E-state index contributed by atoms with van der Waals surface area (Å²) in [6.45, 7) is 10.3. The van der Waals surface area contributed by atoms with E-state index >= 15 is 0 Å². The Bertz CT molecular complexity index is 269. The Balaban J connectivity index is 0. The molecular formula is C13H23F3N2. The zero-order valence-electron chi connectivity index (χ0n) is 11.8. The van der Waals surface area contributed by atoms with Crippen LogP contribution < -0.4 is 0 Å². The van der Waals surface area contributed by atoms with Gasteiger partial charge in [-0.1, -0.05) is 47.5 Å². The lowest BCUT2D eigenvalue weighted by Crippen LogP contribution is -2.09. The molecule has 0 saturated heterocycles. The molecular weight excluding hydrogens is 241 g/mol. The molecule has 0 unspecified atom stereocenters. The van der Waals surface area contributed by atoms with Crippen molar-refractivity contribution in [2.75, 3.05) is 0 Å². The van der Waals surface area contributed by atoms with E-state index in [1.54, 1.807) is 0 Å². The average molecular weight is 264 g/mol. The third-order valence-corrected chi connectivity index (χ3v) is 1.69. The van der Waals surface area contributed by atoms with Crippen LogP contribution >= 0.6 is 0 Å². The fraction of sp³-hybridized carbons (Fsp3) is 0.692. The van der Waals surface area contributed by atoms with Crippen molar-refractivity contribution in [2.45, 2.75) is 53.6 Å². The minimum Gasteiger partial charge on any atom is -0.233 e. The van der Waals surface area contributed by atoms with Crippen LogP contribution in [0.3, 0.4) is 0 Å². The number of nitrogens with zero attached hydrogens (tertiary/aromatic N) is 2. The van der Waals surface area contributed by atoms with E-state index in [9.17, 15) is 13.2 Å². The predicted octanol–water partition coefficient (Wildman–Crippen LogP) is 4.96. The van der Waals surface area contributed by atoms with Crippen LogP contribution in [0.5, 0.6) is 0 Å². The summed E-state index contributed by atoms with van der Waals surface area (Å²) in [7, 11) is 0. The first-order valence-corrected chi connectivity index (χ1v) is 6.34. The molecule has 1 aromatic heterocycles. The Kier molecular flexibility index (Phi) is 11.7. The molecule has 1 fully saturated rings. The molecule has 18 heavy (non-hydrogen) atoms. The second kappa shape index (κ2) is 11.0. The SMILES string of the molecule is CC.CC.CC1CC1.FC(F)(F)c1ncccn1. The fourth-order valence-electron chi connectivity index (χ4n) is 0.612. The van der Waals surface area contributed by atoms with Crippen LogP contribution in [0, 0.1) is 5.92 Å². The van der Waals surface area contributed by atoms with E-state index in [1.165, 1.54) is 18.9 Å². The first-order chi connectivity index (χ1) is 8.50. The average Bonchev–Trinajstić information content (AvgIpc) is 3.18. The Labute approximate surface area is 108 Å². The summed E-state index contributed by atoms with van der Waals surface area (Å²) in [4.78, 5) is 6.03. The van der Waals surface area contributed by atoms with E-state index < -0.39 is 12.0 Å². The third kappa shape index (κ3) is 11.4. The van der Waals surface area contributed by atoms with Crippen LogP contribution in [0.25, 0.3) is 0 Å². The van der Waals surface area contributed by atoms with Crippen molar-refractivity contribution < 1.29 is 13.2 Å². The van der Waals surface area contributed by atoms with Crippen molar-refractivity contribution in [1.29, 1.82) is 0 Å². The summed E-state index contributed by atoms with van der Waals surface area (Å²) >= 11 is 0. The van der Waals surface area contributed by atoms with Crippen molar-refractivity contribution in [3.8, 4) is 0 Å². The van der Waals surface area contributed by atoms with E-state index in [-0.39, 0.29) is 0 Å². The second-order valence-corrected chi connectivity index (χ2v) is 3.25. The predicted molar refractivity (Wildman–Crippen MR) is 68.1 cm³/mol. The van der Waals surface area contributed by atoms with Gasteiger partial charge in [0.2, 0.25) is 5.82 Å². The number of hydrogen-bond donors (Lipinski definition) is 0.